The number of rotatable bonds is 11. The summed E-state index contributed by atoms with van der Waals surface area (Å²) in [5.74, 6) is -2.27. The lowest BCUT2D eigenvalue weighted by Crippen LogP contribution is -2.49. The first-order chi connectivity index (χ1) is 24.6. The van der Waals surface area contributed by atoms with Crippen molar-refractivity contribution in [3.63, 3.8) is 0 Å². The van der Waals surface area contributed by atoms with Crippen molar-refractivity contribution in [2.75, 3.05) is 44.0 Å². The predicted octanol–water partition coefficient (Wildman–Crippen LogP) is 7.28. The molecule has 3 atom stereocenters. The minimum absolute atomic E-state index is 0.162. The van der Waals surface area contributed by atoms with Crippen LogP contribution in [0.5, 0.6) is 5.75 Å². The SMILES string of the molecule is C[C@@H]1CN([C@@H](C)CO)C(=O)c2cccc(NC(=O)Cc3ccc(C(F)(F)F)cc3)c2O[C@@H]1CN(C)Cc1ccc(N(C)c2cc(F)cc(F)c2)cc1. The van der Waals surface area contributed by atoms with Gasteiger partial charge in [-0.15, -0.1) is 0 Å². The molecule has 4 aromatic carbocycles. The molecule has 276 valence electrons. The average molecular weight is 725 g/mol. The van der Waals surface area contributed by atoms with Crippen LogP contribution in [0.15, 0.2) is 84.9 Å². The molecule has 2 amide bonds. The first-order valence-corrected chi connectivity index (χ1v) is 16.8. The van der Waals surface area contributed by atoms with E-state index in [0.29, 0.717) is 30.9 Å². The van der Waals surface area contributed by atoms with Crippen molar-refractivity contribution < 1.29 is 41.4 Å². The van der Waals surface area contributed by atoms with Crippen molar-refractivity contribution in [2.45, 2.75) is 45.1 Å². The highest BCUT2D eigenvalue weighted by Gasteiger charge is 2.35. The summed E-state index contributed by atoms with van der Waals surface area (Å²) in [4.78, 5) is 32.3. The second-order valence-electron chi connectivity index (χ2n) is 13.3. The molecule has 1 aliphatic heterocycles. The van der Waals surface area contributed by atoms with E-state index in [0.717, 1.165) is 29.4 Å². The number of anilines is 3. The van der Waals surface area contributed by atoms with E-state index in [-0.39, 0.29) is 41.9 Å². The molecule has 5 rings (SSSR count). The summed E-state index contributed by atoms with van der Waals surface area (Å²) in [7, 11) is 3.64. The Labute approximate surface area is 299 Å². The van der Waals surface area contributed by atoms with E-state index in [9.17, 15) is 36.6 Å². The third-order valence-electron chi connectivity index (χ3n) is 9.11. The van der Waals surface area contributed by atoms with E-state index in [1.54, 1.807) is 42.0 Å². The molecular weight excluding hydrogens is 683 g/mol. The topological polar surface area (TPSA) is 85.3 Å². The van der Waals surface area contributed by atoms with Gasteiger partial charge in [0.15, 0.2) is 5.75 Å². The Bertz CT molecular complexity index is 1850. The van der Waals surface area contributed by atoms with E-state index >= 15 is 0 Å². The van der Waals surface area contributed by atoms with E-state index in [1.807, 2.05) is 38.2 Å². The number of nitrogens with zero attached hydrogens (tertiary/aromatic N) is 3. The van der Waals surface area contributed by atoms with Crippen LogP contribution in [0.3, 0.4) is 0 Å². The molecule has 0 saturated heterocycles. The lowest BCUT2D eigenvalue weighted by molar-refractivity contribution is -0.137. The number of aliphatic hydroxyl groups is 1. The number of amides is 2. The van der Waals surface area contributed by atoms with Crippen molar-refractivity contribution >= 4 is 28.9 Å². The minimum Gasteiger partial charge on any atom is -0.486 e. The zero-order chi connectivity index (χ0) is 37.7. The molecule has 0 aromatic heterocycles. The van der Waals surface area contributed by atoms with Crippen LogP contribution in [-0.4, -0.2) is 72.7 Å². The van der Waals surface area contributed by atoms with Crippen LogP contribution in [0.1, 0.15) is 40.9 Å². The average Bonchev–Trinajstić information content (AvgIpc) is 3.09. The van der Waals surface area contributed by atoms with E-state index in [1.165, 1.54) is 24.3 Å². The van der Waals surface area contributed by atoms with Crippen molar-refractivity contribution in [1.82, 2.24) is 9.80 Å². The summed E-state index contributed by atoms with van der Waals surface area (Å²) in [6.07, 6.45) is -5.18. The minimum atomic E-state index is -4.50. The lowest BCUT2D eigenvalue weighted by Gasteiger charge is -2.38. The van der Waals surface area contributed by atoms with Gasteiger partial charge < -0.3 is 25.0 Å². The van der Waals surface area contributed by atoms with E-state index in [2.05, 4.69) is 10.2 Å². The predicted molar refractivity (Wildman–Crippen MR) is 189 cm³/mol. The van der Waals surface area contributed by atoms with Gasteiger partial charge in [-0.25, -0.2) is 8.78 Å². The van der Waals surface area contributed by atoms with Gasteiger partial charge in [-0.1, -0.05) is 37.3 Å². The fourth-order valence-electron chi connectivity index (χ4n) is 6.14. The van der Waals surface area contributed by atoms with E-state index < -0.39 is 41.4 Å². The number of halogens is 5. The molecule has 0 aliphatic carbocycles. The molecule has 0 unspecified atom stereocenters. The Balaban J connectivity index is 1.34. The maximum absolute atomic E-state index is 13.8. The van der Waals surface area contributed by atoms with Gasteiger partial charge in [0.05, 0.1) is 35.9 Å². The smallest absolute Gasteiger partial charge is 0.416 e. The van der Waals surface area contributed by atoms with Crippen molar-refractivity contribution in [3.05, 3.63) is 119 Å². The first kappa shape index (κ1) is 38.2. The Morgan fingerprint density at radius 2 is 1.60 bits per heavy atom. The number of alkyl halides is 3. The molecule has 52 heavy (non-hydrogen) atoms. The molecule has 13 heteroatoms. The molecule has 4 aromatic rings. The van der Waals surface area contributed by atoms with Crippen LogP contribution in [0.2, 0.25) is 0 Å². The number of para-hydroxylation sites is 1. The van der Waals surface area contributed by atoms with Crippen molar-refractivity contribution in [2.24, 2.45) is 5.92 Å². The quantitative estimate of drug-likeness (QED) is 0.158. The highest BCUT2D eigenvalue weighted by Crippen LogP contribution is 2.36. The van der Waals surface area contributed by atoms with Gasteiger partial charge >= 0.3 is 6.18 Å². The third-order valence-corrected chi connectivity index (χ3v) is 9.11. The summed E-state index contributed by atoms with van der Waals surface area (Å²) < 4.78 is 73.3. The molecule has 2 N–H and O–H groups in total. The van der Waals surface area contributed by atoms with Gasteiger partial charge in [-0.3, -0.25) is 14.5 Å². The number of likely N-dealkylation sites (N-methyl/N-ethyl adjacent to an activating group) is 1. The maximum Gasteiger partial charge on any atom is 0.416 e. The van der Waals surface area contributed by atoms with Crippen LogP contribution in [-0.2, 0) is 23.9 Å². The fourth-order valence-corrected chi connectivity index (χ4v) is 6.14. The summed E-state index contributed by atoms with van der Waals surface area (Å²) in [5.41, 5.74) is 2.06. The summed E-state index contributed by atoms with van der Waals surface area (Å²) in [6, 6.07) is 19.5. The molecular formula is C39H41F5N4O4. The monoisotopic (exact) mass is 724 g/mol. The second kappa shape index (κ2) is 16.1. The van der Waals surface area contributed by atoms with Gasteiger partial charge in [-0.2, -0.15) is 13.2 Å². The van der Waals surface area contributed by atoms with Crippen LogP contribution >= 0.6 is 0 Å². The molecule has 0 radical (unpaired) electrons. The van der Waals surface area contributed by atoms with Crippen LogP contribution in [0.25, 0.3) is 0 Å². The fraction of sp³-hybridized carbons (Fsp3) is 0.333. The summed E-state index contributed by atoms with van der Waals surface area (Å²) in [6.45, 7) is 4.65. The number of fused-ring (bicyclic) bond motifs is 1. The van der Waals surface area contributed by atoms with Crippen molar-refractivity contribution in [3.8, 4) is 5.75 Å². The number of hydrogen-bond donors (Lipinski definition) is 2. The zero-order valence-electron chi connectivity index (χ0n) is 29.3. The molecule has 0 fully saturated rings. The van der Waals surface area contributed by atoms with Gasteiger partial charge in [-0.05, 0) is 73.6 Å². The lowest BCUT2D eigenvalue weighted by atomic mass is 9.98. The standard InChI is InChI=1S/C39H41F5N4O4/c1-24-20-48(25(2)23-49)38(51)33-6-5-7-34(45-36(50)16-26-8-12-28(13-9-26)39(42,43)44)37(33)52-35(24)22-46(3)21-27-10-14-31(15-11-27)47(4)32-18-29(40)17-30(41)19-32/h5-15,17-19,24-25,35,49H,16,20-23H2,1-4H3,(H,45,50)/t24-,25+,35-/m1/s1. The molecule has 0 bridgehead atoms. The van der Waals surface area contributed by atoms with Crippen LogP contribution < -0.4 is 15.0 Å². The molecule has 1 heterocycles. The first-order valence-electron chi connectivity index (χ1n) is 16.8. The summed E-state index contributed by atoms with van der Waals surface area (Å²) in [5, 5.41) is 12.8. The molecule has 0 spiro atoms. The molecule has 0 saturated carbocycles. The van der Waals surface area contributed by atoms with Gasteiger partial charge in [0, 0.05) is 50.0 Å². The molecule has 1 aliphatic rings. The normalized spacial score (nSPS) is 16.8. The highest BCUT2D eigenvalue weighted by atomic mass is 19.4. The molecule has 8 nitrogen and oxygen atoms in total. The number of nitrogens with one attached hydrogen (secondary N) is 1. The number of ether oxygens (including phenoxy) is 1. The third kappa shape index (κ3) is 9.25. The number of carbonyl (C=O) groups is 2. The maximum atomic E-state index is 13.8. The number of carbonyl (C=O) groups excluding carboxylic acids is 2. The Hall–Kier alpha value is -5.01. The largest absolute Gasteiger partial charge is 0.486 e. The number of aliphatic hydroxyl groups excluding tert-OH is 1. The number of hydrogen-bond acceptors (Lipinski definition) is 6. The zero-order valence-corrected chi connectivity index (χ0v) is 29.3. The summed E-state index contributed by atoms with van der Waals surface area (Å²) >= 11 is 0. The Morgan fingerprint density at radius 1 is 0.962 bits per heavy atom. The van der Waals surface area contributed by atoms with E-state index in [4.69, 9.17) is 4.74 Å². The van der Waals surface area contributed by atoms with Crippen LogP contribution in [0.4, 0.5) is 39.0 Å². The second-order valence-corrected chi connectivity index (χ2v) is 13.3. The highest BCUT2D eigenvalue weighted by molar-refractivity contribution is 6.02. The Kier molecular flexibility index (Phi) is 11.9. The van der Waals surface area contributed by atoms with Gasteiger partial charge in [0.1, 0.15) is 17.7 Å². The van der Waals surface area contributed by atoms with Crippen LogP contribution in [0, 0.1) is 17.6 Å². The number of benzene rings is 4. The Morgan fingerprint density at radius 3 is 2.21 bits per heavy atom. The van der Waals surface area contributed by atoms with Gasteiger partial charge in [0.2, 0.25) is 5.91 Å². The van der Waals surface area contributed by atoms with Crippen molar-refractivity contribution in [1.29, 1.82) is 0 Å². The van der Waals surface area contributed by atoms with Gasteiger partial charge in [0.25, 0.3) is 5.91 Å².